The van der Waals surface area contributed by atoms with Crippen LogP contribution in [-0.4, -0.2) is 36.9 Å². The average Bonchev–Trinajstić information content (AvgIpc) is 3.05. The standard InChI is InChI=1S/C15H17BrClF2NO2/c1-9-5-12(16)10(2)13(17)14(9)22-4-3-20(8-21)7-11-6-15(11,18)19/h5,8,11H,3-4,6-7H2,1-2H3. The highest BCUT2D eigenvalue weighted by atomic mass is 79.9. The zero-order chi connectivity index (χ0) is 16.5. The van der Waals surface area contributed by atoms with E-state index in [1.165, 1.54) is 4.90 Å². The van der Waals surface area contributed by atoms with E-state index in [1.807, 2.05) is 19.9 Å². The molecule has 1 unspecified atom stereocenters. The predicted octanol–water partition coefficient (Wildman–Crippen LogP) is 4.21. The van der Waals surface area contributed by atoms with E-state index in [-0.39, 0.29) is 26.1 Å². The highest BCUT2D eigenvalue weighted by Gasteiger charge is 2.57. The number of amides is 1. The van der Waals surface area contributed by atoms with E-state index in [0.29, 0.717) is 17.2 Å². The van der Waals surface area contributed by atoms with Crippen LogP contribution < -0.4 is 4.74 Å². The lowest BCUT2D eigenvalue weighted by Crippen LogP contribution is -2.30. The monoisotopic (exact) mass is 395 g/mol. The van der Waals surface area contributed by atoms with Crippen LogP contribution >= 0.6 is 27.5 Å². The van der Waals surface area contributed by atoms with Crippen molar-refractivity contribution in [3.63, 3.8) is 0 Å². The Hall–Kier alpha value is -0.880. The maximum atomic E-state index is 12.9. The van der Waals surface area contributed by atoms with Crippen LogP contribution in [0, 0.1) is 19.8 Å². The molecule has 1 aliphatic rings. The topological polar surface area (TPSA) is 29.5 Å². The molecule has 7 heteroatoms. The van der Waals surface area contributed by atoms with Crippen LogP contribution in [0.3, 0.4) is 0 Å². The number of benzene rings is 1. The van der Waals surface area contributed by atoms with Crippen LogP contribution in [0.15, 0.2) is 10.5 Å². The molecule has 2 rings (SSSR count). The van der Waals surface area contributed by atoms with E-state index in [1.54, 1.807) is 0 Å². The van der Waals surface area contributed by atoms with Gasteiger partial charge in [-0.15, -0.1) is 0 Å². The van der Waals surface area contributed by atoms with Gasteiger partial charge in [0.2, 0.25) is 6.41 Å². The Kier molecular flexibility index (Phi) is 5.33. The Morgan fingerprint density at radius 1 is 1.55 bits per heavy atom. The first-order chi connectivity index (χ1) is 10.3. The van der Waals surface area contributed by atoms with E-state index < -0.39 is 11.8 Å². The van der Waals surface area contributed by atoms with Gasteiger partial charge >= 0.3 is 0 Å². The number of ether oxygens (including phenoxy) is 1. The lowest BCUT2D eigenvalue weighted by atomic mass is 10.1. The molecule has 1 aromatic carbocycles. The fourth-order valence-electron chi connectivity index (χ4n) is 2.19. The number of carbonyl (C=O) groups is 1. The van der Waals surface area contributed by atoms with Crippen LogP contribution in [0.2, 0.25) is 5.02 Å². The number of rotatable bonds is 7. The summed E-state index contributed by atoms with van der Waals surface area (Å²) in [5, 5.41) is 0.512. The molecule has 0 N–H and O–H groups in total. The molecule has 0 aromatic heterocycles. The zero-order valence-corrected chi connectivity index (χ0v) is 14.7. The summed E-state index contributed by atoms with van der Waals surface area (Å²) in [5.41, 5.74) is 1.74. The van der Waals surface area contributed by atoms with E-state index in [9.17, 15) is 13.6 Å². The summed E-state index contributed by atoms with van der Waals surface area (Å²) in [7, 11) is 0. The Morgan fingerprint density at radius 3 is 2.73 bits per heavy atom. The van der Waals surface area contributed by atoms with E-state index >= 15 is 0 Å². The minimum absolute atomic E-state index is 0.0614. The van der Waals surface area contributed by atoms with Crippen molar-refractivity contribution in [2.75, 3.05) is 19.7 Å². The van der Waals surface area contributed by atoms with Gasteiger partial charge in [0.05, 0.1) is 11.6 Å². The zero-order valence-electron chi connectivity index (χ0n) is 12.3. The molecule has 0 aliphatic heterocycles. The van der Waals surface area contributed by atoms with E-state index in [0.717, 1.165) is 15.6 Å². The van der Waals surface area contributed by atoms with Crippen LogP contribution in [0.25, 0.3) is 0 Å². The largest absolute Gasteiger partial charge is 0.490 e. The lowest BCUT2D eigenvalue weighted by Gasteiger charge is -2.19. The number of halogens is 4. The Labute approximate surface area is 141 Å². The number of carbonyl (C=O) groups excluding carboxylic acids is 1. The lowest BCUT2D eigenvalue weighted by molar-refractivity contribution is -0.119. The highest BCUT2D eigenvalue weighted by molar-refractivity contribution is 9.10. The SMILES string of the molecule is Cc1cc(Br)c(C)c(Cl)c1OCCN(C=O)CC1CC1(F)F. The summed E-state index contributed by atoms with van der Waals surface area (Å²) < 4.78 is 32.3. The minimum Gasteiger partial charge on any atom is -0.490 e. The van der Waals surface area contributed by atoms with Crippen molar-refractivity contribution < 1.29 is 18.3 Å². The molecule has 0 heterocycles. The quantitative estimate of drug-likeness (QED) is 0.646. The number of aryl methyl sites for hydroxylation is 1. The number of hydrogen-bond acceptors (Lipinski definition) is 2. The summed E-state index contributed by atoms with van der Waals surface area (Å²) in [6.45, 7) is 4.25. The van der Waals surface area contributed by atoms with Crippen molar-refractivity contribution in [1.29, 1.82) is 0 Å². The molecule has 0 spiro atoms. The average molecular weight is 397 g/mol. The molecule has 3 nitrogen and oxygen atoms in total. The maximum absolute atomic E-state index is 12.9. The molecule has 1 atom stereocenters. The van der Waals surface area contributed by atoms with Gasteiger partial charge in [0.15, 0.2) is 0 Å². The summed E-state index contributed by atoms with van der Waals surface area (Å²) in [6.07, 6.45) is 0.439. The van der Waals surface area contributed by atoms with E-state index in [4.69, 9.17) is 16.3 Å². The van der Waals surface area contributed by atoms with Crippen LogP contribution in [0.5, 0.6) is 5.75 Å². The molecule has 1 aromatic rings. The molecule has 1 saturated carbocycles. The molecule has 22 heavy (non-hydrogen) atoms. The van der Waals surface area contributed by atoms with Gasteiger partial charge in [-0.05, 0) is 31.0 Å². The second kappa shape index (κ2) is 6.71. The molecule has 1 aliphatic carbocycles. The number of hydrogen-bond donors (Lipinski definition) is 0. The molecule has 0 saturated heterocycles. The normalized spacial score (nSPS) is 18.9. The van der Waals surface area contributed by atoms with Gasteiger partial charge in [0.1, 0.15) is 12.4 Å². The Balaban J connectivity index is 1.90. The Morgan fingerprint density at radius 2 is 2.18 bits per heavy atom. The molecule has 1 fully saturated rings. The summed E-state index contributed by atoms with van der Waals surface area (Å²) in [5.74, 6) is -2.78. The second-order valence-corrected chi connectivity index (χ2v) is 6.79. The highest BCUT2D eigenvalue weighted by Crippen LogP contribution is 2.48. The van der Waals surface area contributed by atoms with Gasteiger partial charge in [-0.3, -0.25) is 4.79 Å². The summed E-state index contributed by atoms with van der Waals surface area (Å²) >= 11 is 9.66. The van der Waals surface area contributed by atoms with Crippen molar-refractivity contribution >= 4 is 33.9 Å². The van der Waals surface area contributed by atoms with Crippen LogP contribution in [0.1, 0.15) is 17.5 Å². The fourth-order valence-corrected chi connectivity index (χ4v) is 3.15. The molecule has 1 amide bonds. The van der Waals surface area contributed by atoms with E-state index in [2.05, 4.69) is 15.9 Å². The summed E-state index contributed by atoms with van der Waals surface area (Å²) in [4.78, 5) is 12.3. The third-order valence-electron chi connectivity index (χ3n) is 3.77. The van der Waals surface area contributed by atoms with Gasteiger partial charge in [-0.25, -0.2) is 8.78 Å². The number of alkyl halides is 2. The first-order valence-corrected chi connectivity index (χ1v) is 8.08. The molecular weight excluding hydrogens is 380 g/mol. The number of nitrogens with zero attached hydrogens (tertiary/aromatic N) is 1. The molecular formula is C15H17BrClF2NO2. The second-order valence-electron chi connectivity index (χ2n) is 5.55. The van der Waals surface area contributed by atoms with Gasteiger partial charge in [0.25, 0.3) is 5.92 Å². The first-order valence-electron chi connectivity index (χ1n) is 6.91. The van der Waals surface area contributed by atoms with Crippen molar-refractivity contribution in [3.05, 3.63) is 26.7 Å². The summed E-state index contributed by atoms with van der Waals surface area (Å²) in [6, 6.07) is 1.90. The fraction of sp³-hybridized carbons (Fsp3) is 0.533. The van der Waals surface area contributed by atoms with Crippen LogP contribution in [0.4, 0.5) is 8.78 Å². The smallest absolute Gasteiger partial charge is 0.253 e. The molecule has 0 radical (unpaired) electrons. The maximum Gasteiger partial charge on any atom is 0.253 e. The van der Waals surface area contributed by atoms with Crippen LogP contribution in [-0.2, 0) is 4.79 Å². The van der Waals surface area contributed by atoms with Crippen molar-refractivity contribution in [3.8, 4) is 5.75 Å². The van der Waals surface area contributed by atoms with Gasteiger partial charge in [-0.1, -0.05) is 27.5 Å². The van der Waals surface area contributed by atoms with Crippen molar-refractivity contribution in [1.82, 2.24) is 4.90 Å². The molecule has 0 bridgehead atoms. The molecule has 122 valence electrons. The van der Waals surface area contributed by atoms with Gasteiger partial charge in [0, 0.05) is 23.4 Å². The predicted molar refractivity (Wildman–Crippen MR) is 84.8 cm³/mol. The Bertz CT molecular complexity index is 583. The van der Waals surface area contributed by atoms with Gasteiger partial charge in [-0.2, -0.15) is 0 Å². The van der Waals surface area contributed by atoms with Crippen molar-refractivity contribution in [2.24, 2.45) is 5.92 Å². The van der Waals surface area contributed by atoms with Gasteiger partial charge < -0.3 is 9.64 Å². The minimum atomic E-state index is -2.62. The first kappa shape index (κ1) is 17.5. The third kappa shape index (κ3) is 3.90. The third-order valence-corrected chi connectivity index (χ3v) is 5.05. The van der Waals surface area contributed by atoms with Crippen molar-refractivity contribution in [2.45, 2.75) is 26.2 Å².